The third-order valence-electron chi connectivity index (χ3n) is 9.17. The number of nitrogens with zero attached hydrogens (tertiary/aromatic N) is 4. The summed E-state index contributed by atoms with van der Waals surface area (Å²) < 4.78 is 1.81. The van der Waals surface area contributed by atoms with E-state index in [0.29, 0.717) is 66.5 Å². The molecular formula is C53H100N4O7S3. The maximum absolute atomic E-state index is 12.1. The molecule has 1 aromatic rings. The standard InChI is InChI=1S/C15H25NO3S.C11H19N3O.C11H22OS2.C8H16O.C7H14O.CH4/c1-11(17)6-5-8-16-13(18)10-12(14(16)19)20-9-7-15(2,3)4;1-9(15)7-10-8-14(13-12-10)6-5-11(2,3)4;1-10(12)6-5-8-13-14-9-7-11(2,3)4;1-7(9)5-6-8(2,3)4;1-6(8)5-7(2,3)4;/h12H,5-10H2,1-4H3;8H,5-7H2,1-4H3;5-9H2,1-4H3;5-6H2,1-4H3;5H2,1-4H3;1H4. The van der Waals surface area contributed by atoms with Crippen molar-refractivity contribution in [1.82, 2.24) is 19.9 Å². The number of ketones is 5. The highest BCUT2D eigenvalue weighted by molar-refractivity contribution is 8.76. The van der Waals surface area contributed by atoms with Crippen LogP contribution in [0.15, 0.2) is 6.20 Å². The van der Waals surface area contributed by atoms with Crippen molar-refractivity contribution in [1.29, 1.82) is 0 Å². The zero-order valence-corrected chi connectivity index (χ0v) is 48.0. The van der Waals surface area contributed by atoms with E-state index >= 15 is 0 Å². The van der Waals surface area contributed by atoms with Gasteiger partial charge in [0.05, 0.1) is 17.4 Å². The van der Waals surface area contributed by atoms with Crippen LogP contribution in [0.25, 0.3) is 0 Å². The van der Waals surface area contributed by atoms with Gasteiger partial charge in [0.25, 0.3) is 0 Å². The van der Waals surface area contributed by atoms with Gasteiger partial charge in [0.15, 0.2) is 0 Å². The molecule has 0 aliphatic carbocycles. The molecule has 11 nitrogen and oxygen atoms in total. The quantitative estimate of drug-likeness (QED) is 0.0654. The minimum absolute atomic E-state index is 0. The number of carbonyl (C=O) groups excluding carboxylic acids is 7. The molecule has 0 N–H and O–H groups in total. The lowest BCUT2D eigenvalue weighted by Gasteiger charge is -2.18. The Bertz CT molecular complexity index is 1590. The molecule has 0 bridgehead atoms. The van der Waals surface area contributed by atoms with Gasteiger partial charge in [-0.3, -0.25) is 24.0 Å². The van der Waals surface area contributed by atoms with Crippen molar-refractivity contribution < 1.29 is 33.6 Å². The van der Waals surface area contributed by atoms with Gasteiger partial charge in [-0.1, -0.05) is 138 Å². The summed E-state index contributed by atoms with van der Waals surface area (Å²) in [7, 11) is 3.84. The number of Topliss-reactive ketones (excluding diaryl/α,β-unsaturated/α-hetero) is 5. The van der Waals surface area contributed by atoms with Gasteiger partial charge in [0.1, 0.15) is 28.9 Å². The Kier molecular flexibility index (Phi) is 38.0. The highest BCUT2D eigenvalue weighted by atomic mass is 33.1. The van der Waals surface area contributed by atoms with Crippen molar-refractivity contribution >= 4 is 74.1 Å². The first kappa shape index (κ1) is 71.2. The molecule has 1 fully saturated rings. The SMILES string of the molecule is C.CC(=O)CC(C)(C)C.CC(=O)CCC(C)(C)C.CC(=O)CCCN1C(=O)CC(SCCC(C)(C)C)C1=O.CC(=O)CCCSSCCC(C)(C)C.CC(=O)Cc1cn(CCC(C)(C)C)nn1. The number of hydrogen-bond acceptors (Lipinski definition) is 12. The maximum atomic E-state index is 12.1. The molecule has 0 spiro atoms. The van der Waals surface area contributed by atoms with Crippen LogP contribution in [0.2, 0.25) is 0 Å². The van der Waals surface area contributed by atoms with Crippen molar-refractivity contribution in [2.45, 2.75) is 235 Å². The molecule has 1 aliphatic rings. The summed E-state index contributed by atoms with van der Waals surface area (Å²) >= 11 is 1.59. The summed E-state index contributed by atoms with van der Waals surface area (Å²) in [4.78, 5) is 78.7. The Hall–Kier alpha value is -2.32. The summed E-state index contributed by atoms with van der Waals surface area (Å²) in [6.45, 7) is 41.8. The number of rotatable bonds is 21. The predicted octanol–water partition coefficient (Wildman–Crippen LogP) is 13.7. The third kappa shape index (κ3) is 52.9. The number of carbonyl (C=O) groups is 7. The van der Waals surface area contributed by atoms with Crippen LogP contribution in [-0.2, 0) is 46.5 Å². The zero-order valence-electron chi connectivity index (χ0n) is 45.5. The number of thioether (sulfide) groups is 1. The number of imide groups is 1. The average Bonchev–Trinajstić information content (AvgIpc) is 3.66. The molecule has 2 amide bonds. The van der Waals surface area contributed by atoms with Gasteiger partial charge in [0, 0.05) is 62.9 Å². The van der Waals surface area contributed by atoms with Crippen LogP contribution >= 0.6 is 33.3 Å². The van der Waals surface area contributed by atoms with E-state index in [-0.39, 0.29) is 52.7 Å². The summed E-state index contributed by atoms with van der Waals surface area (Å²) in [6.07, 6.45) is 11.1. The largest absolute Gasteiger partial charge is 0.300 e. The second kappa shape index (κ2) is 35.7. The van der Waals surface area contributed by atoms with Crippen LogP contribution in [-0.4, -0.2) is 89.7 Å². The second-order valence-corrected chi connectivity index (χ2v) is 27.7. The molecule has 0 radical (unpaired) electrons. The van der Waals surface area contributed by atoms with Gasteiger partial charge in [-0.2, -0.15) is 0 Å². The molecule has 392 valence electrons. The maximum Gasteiger partial charge on any atom is 0.242 e. The van der Waals surface area contributed by atoms with Crippen LogP contribution in [0.3, 0.4) is 0 Å². The Labute approximate surface area is 423 Å². The van der Waals surface area contributed by atoms with Gasteiger partial charge in [-0.25, -0.2) is 0 Å². The molecule has 14 heteroatoms. The number of hydrogen-bond donors (Lipinski definition) is 0. The summed E-state index contributed by atoms with van der Waals surface area (Å²) in [5.74, 6) is 4.16. The highest BCUT2D eigenvalue weighted by Gasteiger charge is 2.38. The fourth-order valence-electron chi connectivity index (χ4n) is 5.39. The third-order valence-corrected chi connectivity index (χ3v) is 12.9. The van der Waals surface area contributed by atoms with Gasteiger partial charge in [-0.05, 0) is 106 Å². The first-order chi connectivity index (χ1) is 29.8. The van der Waals surface area contributed by atoms with Crippen LogP contribution in [0, 0.1) is 27.1 Å². The molecule has 0 saturated carbocycles. The Morgan fingerprint density at radius 2 is 1.03 bits per heavy atom. The molecule has 0 aromatic carbocycles. The molecule has 2 heterocycles. The molecule has 67 heavy (non-hydrogen) atoms. The fourth-order valence-corrected chi connectivity index (χ4v) is 9.44. The Morgan fingerprint density at radius 1 is 0.567 bits per heavy atom. The normalized spacial score (nSPS) is 13.9. The minimum atomic E-state index is -0.220. The smallest absolute Gasteiger partial charge is 0.242 e. The first-order valence-electron chi connectivity index (χ1n) is 23.9. The predicted molar refractivity (Wildman–Crippen MR) is 290 cm³/mol. The lowest BCUT2D eigenvalue weighted by Crippen LogP contribution is -2.32. The highest BCUT2D eigenvalue weighted by Crippen LogP contribution is 2.30. The van der Waals surface area contributed by atoms with Crippen molar-refractivity contribution in [3.63, 3.8) is 0 Å². The molecule has 1 unspecified atom stereocenters. The summed E-state index contributed by atoms with van der Waals surface area (Å²) in [6, 6.07) is 0. The molecule has 1 aromatic heterocycles. The van der Waals surface area contributed by atoms with Crippen LogP contribution < -0.4 is 0 Å². The Morgan fingerprint density at radius 3 is 1.43 bits per heavy atom. The summed E-state index contributed by atoms with van der Waals surface area (Å²) in [5, 5.41) is 7.72. The van der Waals surface area contributed by atoms with Crippen molar-refractivity contribution in [3.05, 3.63) is 11.9 Å². The van der Waals surface area contributed by atoms with Crippen LogP contribution in [0.1, 0.15) is 222 Å². The van der Waals surface area contributed by atoms with E-state index in [1.165, 1.54) is 24.0 Å². The van der Waals surface area contributed by atoms with Gasteiger partial charge in [-0.15, -0.1) is 16.9 Å². The molecule has 2 rings (SSSR count). The topological polar surface area (TPSA) is 153 Å². The number of amides is 2. The monoisotopic (exact) mass is 1000 g/mol. The van der Waals surface area contributed by atoms with E-state index in [9.17, 15) is 33.6 Å². The summed E-state index contributed by atoms with van der Waals surface area (Å²) in [5.41, 5.74) is 2.24. The number of likely N-dealkylation sites (tertiary alicyclic amines) is 1. The number of aryl methyl sites for hydroxylation is 1. The van der Waals surface area contributed by atoms with Crippen molar-refractivity contribution in [2.75, 3.05) is 23.8 Å². The van der Waals surface area contributed by atoms with Gasteiger partial charge >= 0.3 is 0 Å². The van der Waals surface area contributed by atoms with E-state index in [1.807, 2.05) is 32.5 Å². The first-order valence-corrected chi connectivity index (χ1v) is 27.4. The van der Waals surface area contributed by atoms with Gasteiger partial charge in [0.2, 0.25) is 11.8 Å². The minimum Gasteiger partial charge on any atom is -0.300 e. The van der Waals surface area contributed by atoms with E-state index < -0.39 is 0 Å². The number of aromatic nitrogens is 3. The lowest BCUT2D eigenvalue weighted by atomic mass is 9.90. The van der Waals surface area contributed by atoms with Crippen LogP contribution in [0.4, 0.5) is 0 Å². The van der Waals surface area contributed by atoms with E-state index in [1.54, 1.807) is 39.5 Å². The van der Waals surface area contributed by atoms with Gasteiger partial charge < -0.3 is 19.2 Å². The second-order valence-electron chi connectivity index (χ2n) is 23.7. The van der Waals surface area contributed by atoms with Crippen LogP contribution in [0.5, 0.6) is 0 Å². The lowest BCUT2D eigenvalue weighted by molar-refractivity contribution is -0.138. The molecule has 1 aliphatic heterocycles. The fraction of sp³-hybridized carbons (Fsp3) is 0.830. The van der Waals surface area contributed by atoms with E-state index in [0.717, 1.165) is 62.3 Å². The Balaban J connectivity index is -0.000000383. The zero-order chi connectivity index (χ0) is 52.1. The molecule has 1 atom stereocenters. The van der Waals surface area contributed by atoms with E-state index in [4.69, 9.17) is 0 Å². The van der Waals surface area contributed by atoms with E-state index in [2.05, 4.69) is 114 Å². The van der Waals surface area contributed by atoms with Crippen molar-refractivity contribution in [2.24, 2.45) is 27.1 Å². The molecular weight excluding hydrogens is 901 g/mol. The molecule has 1 saturated heterocycles. The average molecular weight is 1000 g/mol. The van der Waals surface area contributed by atoms with Crippen molar-refractivity contribution in [3.8, 4) is 0 Å².